The number of ether oxygens (including phenoxy) is 1. The molecule has 0 aliphatic heterocycles. The van der Waals surface area contributed by atoms with Crippen LogP contribution in [0, 0.1) is 13.8 Å². The van der Waals surface area contributed by atoms with Gasteiger partial charge in [0.25, 0.3) is 0 Å². The fraction of sp³-hybridized carbons (Fsp3) is 0.200. The van der Waals surface area contributed by atoms with Crippen LogP contribution in [0.3, 0.4) is 0 Å². The Balaban J connectivity index is 1.78. The van der Waals surface area contributed by atoms with Gasteiger partial charge in [-0.15, -0.1) is 11.3 Å². The van der Waals surface area contributed by atoms with Gasteiger partial charge in [-0.25, -0.2) is 9.78 Å². The molecule has 0 saturated carbocycles. The van der Waals surface area contributed by atoms with Crippen LogP contribution in [0.15, 0.2) is 46.9 Å². The van der Waals surface area contributed by atoms with E-state index in [1.165, 1.54) is 12.0 Å². The molecule has 132 valence electrons. The summed E-state index contributed by atoms with van der Waals surface area (Å²) in [6.45, 7) is 4.40. The van der Waals surface area contributed by atoms with Crippen LogP contribution in [-0.4, -0.2) is 22.6 Å². The summed E-state index contributed by atoms with van der Waals surface area (Å²) in [6, 6.07) is 13.8. The van der Waals surface area contributed by atoms with Crippen molar-refractivity contribution in [2.45, 2.75) is 20.4 Å². The number of nitrogens with zero attached hydrogens (tertiary/aromatic N) is 2. The Kier molecular flexibility index (Phi) is 4.12. The van der Waals surface area contributed by atoms with Gasteiger partial charge in [-0.3, -0.25) is 0 Å². The number of aryl methyl sites for hydroxylation is 2. The Morgan fingerprint density at radius 3 is 2.73 bits per heavy atom. The number of oxazole rings is 1. The lowest BCUT2D eigenvalue weighted by molar-refractivity contribution is 0.0589. The van der Waals surface area contributed by atoms with Gasteiger partial charge in [0.1, 0.15) is 17.1 Å². The zero-order valence-corrected chi connectivity index (χ0v) is 15.6. The van der Waals surface area contributed by atoms with Gasteiger partial charge in [-0.05, 0) is 38.1 Å². The lowest BCUT2D eigenvalue weighted by atomic mass is 10.2. The molecule has 0 aliphatic carbocycles. The maximum atomic E-state index is 12.2. The SMILES string of the molecule is COC(=O)c1cc2sc(C)cc2n1Cc1nc(-c2ccccc2)oc1C. The van der Waals surface area contributed by atoms with E-state index in [1.807, 2.05) is 47.9 Å². The van der Waals surface area contributed by atoms with Crippen LogP contribution in [0.25, 0.3) is 21.7 Å². The monoisotopic (exact) mass is 366 g/mol. The molecule has 0 amide bonds. The Hall–Kier alpha value is -2.86. The lowest BCUT2D eigenvalue weighted by Crippen LogP contribution is -2.12. The topological polar surface area (TPSA) is 57.3 Å². The molecule has 0 unspecified atom stereocenters. The summed E-state index contributed by atoms with van der Waals surface area (Å²) in [5.74, 6) is 0.978. The number of fused-ring (bicyclic) bond motifs is 1. The van der Waals surface area contributed by atoms with Crippen LogP contribution >= 0.6 is 11.3 Å². The first kappa shape index (κ1) is 16.6. The predicted molar refractivity (Wildman–Crippen MR) is 102 cm³/mol. The zero-order chi connectivity index (χ0) is 18.3. The lowest BCUT2D eigenvalue weighted by Gasteiger charge is -2.07. The number of carbonyl (C=O) groups is 1. The van der Waals surface area contributed by atoms with Gasteiger partial charge in [-0.1, -0.05) is 18.2 Å². The second-order valence-electron chi connectivity index (χ2n) is 6.10. The van der Waals surface area contributed by atoms with E-state index in [-0.39, 0.29) is 5.97 Å². The Morgan fingerprint density at radius 1 is 1.23 bits per heavy atom. The summed E-state index contributed by atoms with van der Waals surface area (Å²) >= 11 is 1.66. The maximum Gasteiger partial charge on any atom is 0.354 e. The molecule has 0 aliphatic rings. The average Bonchev–Trinajstić information content (AvgIpc) is 3.29. The molecule has 4 aromatic rings. The molecule has 3 heterocycles. The van der Waals surface area contributed by atoms with Crippen LogP contribution in [-0.2, 0) is 11.3 Å². The van der Waals surface area contributed by atoms with E-state index in [1.54, 1.807) is 11.3 Å². The highest BCUT2D eigenvalue weighted by Crippen LogP contribution is 2.30. The average molecular weight is 366 g/mol. The van der Waals surface area contributed by atoms with Crippen molar-refractivity contribution in [2.24, 2.45) is 0 Å². The van der Waals surface area contributed by atoms with Gasteiger partial charge in [0.2, 0.25) is 5.89 Å². The van der Waals surface area contributed by atoms with Crippen LogP contribution in [0.1, 0.15) is 26.8 Å². The summed E-state index contributed by atoms with van der Waals surface area (Å²) < 4.78 is 13.8. The third-order valence-corrected chi connectivity index (χ3v) is 5.32. The van der Waals surface area contributed by atoms with Gasteiger partial charge in [0.05, 0.1) is 23.9 Å². The van der Waals surface area contributed by atoms with Crippen molar-refractivity contribution in [1.29, 1.82) is 0 Å². The molecule has 0 bridgehead atoms. The Labute approximate surface area is 154 Å². The second kappa shape index (κ2) is 6.46. The highest BCUT2D eigenvalue weighted by Gasteiger charge is 2.20. The third kappa shape index (κ3) is 2.82. The highest BCUT2D eigenvalue weighted by atomic mass is 32.1. The summed E-state index contributed by atoms with van der Waals surface area (Å²) in [4.78, 5) is 18.1. The summed E-state index contributed by atoms with van der Waals surface area (Å²) in [7, 11) is 1.40. The van der Waals surface area contributed by atoms with Gasteiger partial charge >= 0.3 is 5.97 Å². The van der Waals surface area contributed by atoms with Crippen molar-refractivity contribution in [3.05, 3.63) is 64.5 Å². The molecule has 4 rings (SSSR count). The molecule has 5 nitrogen and oxygen atoms in total. The van der Waals surface area contributed by atoms with E-state index in [0.29, 0.717) is 18.1 Å². The highest BCUT2D eigenvalue weighted by molar-refractivity contribution is 7.19. The standard InChI is InChI=1S/C20H18N2O3S/c1-12-9-16-18(26-12)10-17(20(23)24-3)22(16)11-15-13(2)25-19(21-15)14-7-5-4-6-8-14/h4-10H,11H2,1-3H3. The minimum atomic E-state index is -0.351. The van der Waals surface area contributed by atoms with Crippen molar-refractivity contribution in [3.8, 4) is 11.5 Å². The van der Waals surface area contributed by atoms with E-state index in [4.69, 9.17) is 9.15 Å². The van der Waals surface area contributed by atoms with Gasteiger partial charge in [-0.2, -0.15) is 0 Å². The van der Waals surface area contributed by atoms with Crippen molar-refractivity contribution in [1.82, 2.24) is 9.55 Å². The van der Waals surface area contributed by atoms with Crippen molar-refractivity contribution < 1.29 is 13.9 Å². The fourth-order valence-corrected chi connectivity index (χ4v) is 4.00. The number of carbonyl (C=O) groups excluding carboxylic acids is 1. The molecule has 26 heavy (non-hydrogen) atoms. The Morgan fingerprint density at radius 2 is 2.00 bits per heavy atom. The third-order valence-electron chi connectivity index (χ3n) is 4.33. The number of rotatable bonds is 4. The largest absolute Gasteiger partial charge is 0.464 e. The summed E-state index contributed by atoms with van der Waals surface area (Å²) in [6.07, 6.45) is 0. The predicted octanol–water partition coefficient (Wildman–Crippen LogP) is 4.81. The zero-order valence-electron chi connectivity index (χ0n) is 14.8. The van der Waals surface area contributed by atoms with Crippen LogP contribution in [0.4, 0.5) is 0 Å². The number of aromatic nitrogens is 2. The molecular formula is C20H18N2O3S. The smallest absolute Gasteiger partial charge is 0.354 e. The Bertz CT molecular complexity index is 1090. The van der Waals surface area contributed by atoms with E-state index >= 15 is 0 Å². The minimum Gasteiger partial charge on any atom is -0.464 e. The molecule has 6 heteroatoms. The molecule has 0 spiro atoms. The summed E-state index contributed by atoms with van der Waals surface area (Å²) in [5, 5.41) is 0. The summed E-state index contributed by atoms with van der Waals surface area (Å²) in [5.41, 5.74) is 3.27. The van der Waals surface area contributed by atoms with E-state index in [2.05, 4.69) is 18.0 Å². The van der Waals surface area contributed by atoms with Crippen molar-refractivity contribution in [3.63, 3.8) is 0 Å². The van der Waals surface area contributed by atoms with Crippen molar-refractivity contribution >= 4 is 27.5 Å². The maximum absolute atomic E-state index is 12.2. The van der Waals surface area contributed by atoms with E-state index in [0.717, 1.165) is 27.2 Å². The van der Waals surface area contributed by atoms with Crippen LogP contribution in [0.5, 0.6) is 0 Å². The second-order valence-corrected chi connectivity index (χ2v) is 7.39. The molecule has 1 aromatic carbocycles. The number of hydrogen-bond acceptors (Lipinski definition) is 5. The molecule has 0 N–H and O–H groups in total. The van der Waals surface area contributed by atoms with Gasteiger partial charge in [0, 0.05) is 10.4 Å². The number of esters is 1. The number of hydrogen-bond donors (Lipinski definition) is 0. The quantitative estimate of drug-likeness (QED) is 0.486. The fourth-order valence-electron chi connectivity index (χ4n) is 3.04. The normalized spacial score (nSPS) is 11.2. The molecule has 3 aromatic heterocycles. The first-order valence-electron chi connectivity index (χ1n) is 8.26. The molecule has 0 fully saturated rings. The van der Waals surface area contributed by atoms with E-state index < -0.39 is 0 Å². The number of methoxy groups -OCH3 is 1. The number of thiophene rings is 1. The first-order chi connectivity index (χ1) is 12.6. The molecular weight excluding hydrogens is 348 g/mol. The van der Waals surface area contributed by atoms with Crippen LogP contribution in [0.2, 0.25) is 0 Å². The first-order valence-corrected chi connectivity index (χ1v) is 9.08. The minimum absolute atomic E-state index is 0.351. The molecule has 0 saturated heterocycles. The van der Waals surface area contributed by atoms with Gasteiger partial charge < -0.3 is 13.7 Å². The van der Waals surface area contributed by atoms with Crippen molar-refractivity contribution in [2.75, 3.05) is 7.11 Å². The molecule has 0 radical (unpaired) electrons. The van der Waals surface area contributed by atoms with E-state index in [9.17, 15) is 4.79 Å². The van der Waals surface area contributed by atoms with Crippen LogP contribution < -0.4 is 0 Å². The molecule has 0 atom stereocenters. The van der Waals surface area contributed by atoms with Gasteiger partial charge in [0.15, 0.2) is 0 Å². The number of benzene rings is 1.